The Kier molecular flexibility index (Phi) is 6.70. The van der Waals surface area contributed by atoms with Crippen LogP contribution in [0.4, 0.5) is 0 Å². The summed E-state index contributed by atoms with van der Waals surface area (Å²) in [6.45, 7) is 12.8. The van der Waals surface area contributed by atoms with Gasteiger partial charge in [-0.2, -0.15) is 0 Å². The first-order valence-corrected chi connectivity index (χ1v) is 8.22. The third-order valence-corrected chi connectivity index (χ3v) is 4.91. The summed E-state index contributed by atoms with van der Waals surface area (Å²) in [5.41, 5.74) is 0.395. The summed E-state index contributed by atoms with van der Waals surface area (Å²) in [4.78, 5) is 0. The van der Waals surface area contributed by atoms with Crippen molar-refractivity contribution >= 4 is 0 Å². The summed E-state index contributed by atoms with van der Waals surface area (Å²) < 4.78 is 0. The molecule has 3 unspecified atom stereocenters. The predicted octanol–water partition coefficient (Wildman–Crippen LogP) is 5.01. The molecule has 1 aliphatic carbocycles. The molecular formula is C17H35N. The first-order valence-electron chi connectivity index (χ1n) is 8.22. The Morgan fingerprint density at radius 3 is 2.17 bits per heavy atom. The molecule has 1 nitrogen and oxygen atoms in total. The molecule has 0 bridgehead atoms. The zero-order valence-electron chi connectivity index (χ0n) is 13.4. The molecular weight excluding hydrogens is 218 g/mol. The SMILES string of the molecule is CCNC(CCC1CCCCC1CC)C(C)(C)C. The zero-order valence-corrected chi connectivity index (χ0v) is 13.4. The highest BCUT2D eigenvalue weighted by Crippen LogP contribution is 2.36. The van der Waals surface area contributed by atoms with Crippen molar-refractivity contribution in [2.45, 2.75) is 85.6 Å². The van der Waals surface area contributed by atoms with Crippen LogP contribution in [0.5, 0.6) is 0 Å². The van der Waals surface area contributed by atoms with Gasteiger partial charge in [-0.1, -0.05) is 66.7 Å². The van der Waals surface area contributed by atoms with E-state index in [1.165, 1.54) is 44.9 Å². The van der Waals surface area contributed by atoms with Gasteiger partial charge in [0.2, 0.25) is 0 Å². The molecule has 0 aromatic heterocycles. The molecule has 1 aliphatic rings. The minimum absolute atomic E-state index is 0.395. The lowest BCUT2D eigenvalue weighted by Gasteiger charge is -2.36. The molecule has 0 heterocycles. The summed E-state index contributed by atoms with van der Waals surface area (Å²) in [5.74, 6) is 2.02. The topological polar surface area (TPSA) is 12.0 Å². The third kappa shape index (κ3) is 4.91. The second-order valence-corrected chi connectivity index (χ2v) is 7.27. The molecule has 1 heteroatoms. The van der Waals surface area contributed by atoms with Gasteiger partial charge in [0.25, 0.3) is 0 Å². The van der Waals surface area contributed by atoms with Crippen LogP contribution < -0.4 is 5.32 Å². The van der Waals surface area contributed by atoms with Gasteiger partial charge in [0.15, 0.2) is 0 Å². The Morgan fingerprint density at radius 1 is 1.06 bits per heavy atom. The minimum atomic E-state index is 0.395. The van der Waals surface area contributed by atoms with Gasteiger partial charge in [-0.25, -0.2) is 0 Å². The smallest absolute Gasteiger partial charge is 0.0116 e. The highest BCUT2D eigenvalue weighted by Gasteiger charge is 2.28. The van der Waals surface area contributed by atoms with Gasteiger partial charge in [0, 0.05) is 6.04 Å². The molecule has 3 atom stereocenters. The van der Waals surface area contributed by atoms with Crippen LogP contribution in [-0.2, 0) is 0 Å². The second-order valence-electron chi connectivity index (χ2n) is 7.27. The molecule has 1 rings (SSSR count). The lowest BCUT2D eigenvalue weighted by Crippen LogP contribution is -2.40. The van der Waals surface area contributed by atoms with E-state index in [-0.39, 0.29) is 0 Å². The maximum Gasteiger partial charge on any atom is 0.0116 e. The Bertz CT molecular complexity index is 216. The summed E-state index contributed by atoms with van der Waals surface area (Å²) in [6, 6.07) is 0.682. The fourth-order valence-corrected chi connectivity index (χ4v) is 3.67. The molecule has 0 aromatic carbocycles. The lowest BCUT2D eigenvalue weighted by atomic mass is 9.73. The molecule has 0 aromatic rings. The highest BCUT2D eigenvalue weighted by atomic mass is 14.9. The number of hydrogen-bond donors (Lipinski definition) is 1. The van der Waals surface area contributed by atoms with E-state index >= 15 is 0 Å². The van der Waals surface area contributed by atoms with E-state index < -0.39 is 0 Å². The zero-order chi connectivity index (χ0) is 13.6. The standard InChI is InChI=1S/C17H35N/c1-6-14-10-8-9-11-15(14)12-13-16(18-7-2)17(3,4)5/h14-16,18H,6-13H2,1-5H3. The van der Waals surface area contributed by atoms with E-state index in [9.17, 15) is 0 Å². The first-order chi connectivity index (χ1) is 8.49. The van der Waals surface area contributed by atoms with Crippen molar-refractivity contribution in [3.8, 4) is 0 Å². The third-order valence-electron chi connectivity index (χ3n) is 4.91. The highest BCUT2D eigenvalue weighted by molar-refractivity contribution is 4.83. The van der Waals surface area contributed by atoms with E-state index in [1.807, 2.05) is 0 Å². The van der Waals surface area contributed by atoms with E-state index in [2.05, 4.69) is 39.9 Å². The van der Waals surface area contributed by atoms with Crippen LogP contribution >= 0.6 is 0 Å². The van der Waals surface area contributed by atoms with Crippen LogP contribution in [0.2, 0.25) is 0 Å². The van der Waals surface area contributed by atoms with E-state index in [1.54, 1.807) is 0 Å². The van der Waals surface area contributed by atoms with E-state index in [0.29, 0.717) is 11.5 Å². The van der Waals surface area contributed by atoms with Crippen LogP contribution in [0.25, 0.3) is 0 Å². The van der Waals surface area contributed by atoms with Gasteiger partial charge >= 0.3 is 0 Å². The molecule has 18 heavy (non-hydrogen) atoms. The van der Waals surface area contributed by atoms with Gasteiger partial charge in [0.05, 0.1) is 0 Å². The van der Waals surface area contributed by atoms with Gasteiger partial charge in [-0.15, -0.1) is 0 Å². The van der Waals surface area contributed by atoms with Crippen LogP contribution in [-0.4, -0.2) is 12.6 Å². The molecule has 0 saturated heterocycles. The minimum Gasteiger partial charge on any atom is -0.314 e. The number of rotatable bonds is 6. The molecule has 1 fully saturated rings. The Hall–Kier alpha value is -0.0400. The quantitative estimate of drug-likeness (QED) is 0.702. The van der Waals surface area contributed by atoms with Crippen LogP contribution in [0.1, 0.15) is 79.6 Å². The van der Waals surface area contributed by atoms with Crippen molar-refractivity contribution in [1.82, 2.24) is 5.32 Å². The van der Waals surface area contributed by atoms with E-state index in [4.69, 9.17) is 0 Å². The van der Waals surface area contributed by atoms with Gasteiger partial charge in [-0.3, -0.25) is 0 Å². The number of nitrogens with one attached hydrogen (secondary N) is 1. The van der Waals surface area contributed by atoms with Crippen molar-refractivity contribution in [3.05, 3.63) is 0 Å². The Labute approximate surface area is 115 Å². The van der Waals surface area contributed by atoms with Crippen molar-refractivity contribution in [2.75, 3.05) is 6.54 Å². The van der Waals surface area contributed by atoms with Crippen molar-refractivity contribution in [1.29, 1.82) is 0 Å². The molecule has 108 valence electrons. The maximum absolute atomic E-state index is 3.69. The first kappa shape index (κ1) is 16.0. The van der Waals surface area contributed by atoms with Gasteiger partial charge < -0.3 is 5.32 Å². The summed E-state index contributed by atoms with van der Waals surface area (Å²) in [5, 5.41) is 3.69. The fraction of sp³-hybridized carbons (Fsp3) is 1.00. The summed E-state index contributed by atoms with van der Waals surface area (Å²) in [7, 11) is 0. The largest absolute Gasteiger partial charge is 0.314 e. The van der Waals surface area contributed by atoms with Crippen LogP contribution in [0.3, 0.4) is 0 Å². The fourth-order valence-electron chi connectivity index (χ4n) is 3.67. The molecule has 0 spiro atoms. The second kappa shape index (κ2) is 7.53. The molecule has 0 amide bonds. The Balaban J connectivity index is 2.45. The molecule has 0 radical (unpaired) electrons. The lowest BCUT2D eigenvalue weighted by molar-refractivity contribution is 0.183. The van der Waals surface area contributed by atoms with E-state index in [0.717, 1.165) is 18.4 Å². The van der Waals surface area contributed by atoms with Gasteiger partial charge in [0.1, 0.15) is 0 Å². The molecule has 1 saturated carbocycles. The normalized spacial score (nSPS) is 27.2. The van der Waals surface area contributed by atoms with Crippen molar-refractivity contribution < 1.29 is 0 Å². The summed E-state index contributed by atoms with van der Waals surface area (Å²) in [6.07, 6.45) is 10.1. The van der Waals surface area contributed by atoms with Crippen LogP contribution in [0, 0.1) is 17.3 Å². The van der Waals surface area contributed by atoms with Crippen LogP contribution in [0.15, 0.2) is 0 Å². The van der Waals surface area contributed by atoms with Crippen molar-refractivity contribution in [3.63, 3.8) is 0 Å². The summed E-state index contributed by atoms with van der Waals surface area (Å²) >= 11 is 0. The van der Waals surface area contributed by atoms with Crippen molar-refractivity contribution in [2.24, 2.45) is 17.3 Å². The maximum atomic E-state index is 3.69. The monoisotopic (exact) mass is 253 g/mol. The molecule has 0 aliphatic heterocycles. The molecule has 1 N–H and O–H groups in total. The van der Waals surface area contributed by atoms with Gasteiger partial charge in [-0.05, 0) is 36.6 Å². The predicted molar refractivity (Wildman–Crippen MR) is 81.9 cm³/mol. The Morgan fingerprint density at radius 2 is 1.67 bits per heavy atom. The average molecular weight is 253 g/mol. The average Bonchev–Trinajstić information content (AvgIpc) is 2.33. The number of hydrogen-bond acceptors (Lipinski definition) is 1.